The predicted octanol–water partition coefficient (Wildman–Crippen LogP) is 6.27. The average molecular weight is 369 g/mol. The number of anilines is 1. The van der Waals surface area contributed by atoms with E-state index in [9.17, 15) is 9.65 Å². The molecule has 2 aromatic rings. The molecule has 1 aliphatic rings. The van der Waals surface area contributed by atoms with Crippen molar-refractivity contribution in [1.82, 2.24) is 0 Å². The quantitative estimate of drug-likeness (QED) is 0.461. The van der Waals surface area contributed by atoms with Crippen molar-refractivity contribution in [3.8, 4) is 6.07 Å². The van der Waals surface area contributed by atoms with Crippen LogP contribution in [-0.4, -0.2) is 12.6 Å². The van der Waals surface area contributed by atoms with Crippen molar-refractivity contribution in [2.45, 2.75) is 38.6 Å². The lowest BCUT2D eigenvalue weighted by Gasteiger charge is -2.45. The van der Waals surface area contributed by atoms with Crippen LogP contribution in [0.15, 0.2) is 36.4 Å². The number of halogens is 2. The molecule has 0 N–H and O–H groups in total. The van der Waals surface area contributed by atoms with Gasteiger partial charge in [0.05, 0.1) is 11.6 Å². The first kappa shape index (κ1) is 18.5. The summed E-state index contributed by atoms with van der Waals surface area (Å²) >= 11 is 5.91. The standard InChI is InChI=1S/C22H22ClFN2/c1-14-12-22(2,3)26(4)21-11-20(24)16(10-19(14)21)9-17(13-25)15-5-7-18(23)8-6-15/h5-11,14H,12H2,1-4H3/b17-9+. The van der Waals surface area contributed by atoms with E-state index in [1.807, 2.05) is 13.1 Å². The van der Waals surface area contributed by atoms with Crippen molar-refractivity contribution in [3.05, 3.63) is 63.9 Å². The number of hydrogen-bond donors (Lipinski definition) is 0. The molecule has 0 radical (unpaired) electrons. The Morgan fingerprint density at radius 3 is 2.58 bits per heavy atom. The fourth-order valence-electron chi connectivity index (χ4n) is 3.68. The van der Waals surface area contributed by atoms with Crippen molar-refractivity contribution < 1.29 is 4.39 Å². The van der Waals surface area contributed by atoms with E-state index in [1.165, 1.54) is 0 Å². The van der Waals surface area contributed by atoms with E-state index in [-0.39, 0.29) is 11.4 Å². The highest BCUT2D eigenvalue weighted by molar-refractivity contribution is 6.30. The fraction of sp³-hybridized carbons (Fsp3) is 0.318. The lowest BCUT2D eigenvalue weighted by Crippen LogP contribution is -2.45. The number of nitriles is 1. The predicted molar refractivity (Wildman–Crippen MR) is 107 cm³/mol. The van der Waals surface area contributed by atoms with E-state index >= 15 is 0 Å². The second-order valence-electron chi connectivity index (χ2n) is 7.59. The van der Waals surface area contributed by atoms with Gasteiger partial charge in [-0.25, -0.2) is 4.39 Å². The second-order valence-corrected chi connectivity index (χ2v) is 8.02. The van der Waals surface area contributed by atoms with Crippen LogP contribution in [0.5, 0.6) is 0 Å². The van der Waals surface area contributed by atoms with Crippen LogP contribution in [0.25, 0.3) is 11.6 Å². The van der Waals surface area contributed by atoms with Gasteiger partial charge < -0.3 is 4.90 Å². The molecule has 2 nitrogen and oxygen atoms in total. The Bertz CT molecular complexity index is 907. The molecule has 134 valence electrons. The van der Waals surface area contributed by atoms with Gasteiger partial charge >= 0.3 is 0 Å². The molecule has 0 bridgehead atoms. The van der Waals surface area contributed by atoms with Gasteiger partial charge in [-0.2, -0.15) is 5.26 Å². The maximum absolute atomic E-state index is 14.8. The molecule has 0 aromatic heterocycles. The largest absolute Gasteiger partial charge is 0.369 e. The topological polar surface area (TPSA) is 27.0 Å². The first-order valence-corrected chi connectivity index (χ1v) is 9.06. The summed E-state index contributed by atoms with van der Waals surface area (Å²) in [5.41, 5.74) is 3.60. The lowest BCUT2D eigenvalue weighted by atomic mass is 9.80. The molecule has 1 unspecified atom stereocenters. The van der Waals surface area contributed by atoms with E-state index in [4.69, 9.17) is 11.6 Å². The lowest BCUT2D eigenvalue weighted by molar-refractivity contribution is 0.394. The minimum Gasteiger partial charge on any atom is -0.369 e. The van der Waals surface area contributed by atoms with Gasteiger partial charge in [0, 0.05) is 28.9 Å². The highest BCUT2D eigenvalue weighted by atomic mass is 35.5. The first-order valence-electron chi connectivity index (χ1n) is 8.68. The van der Waals surface area contributed by atoms with Crippen molar-refractivity contribution in [2.75, 3.05) is 11.9 Å². The minimum atomic E-state index is -0.317. The summed E-state index contributed by atoms with van der Waals surface area (Å²) in [6.07, 6.45) is 2.61. The molecule has 0 amide bonds. The van der Waals surface area contributed by atoms with Crippen LogP contribution in [-0.2, 0) is 0 Å². The van der Waals surface area contributed by atoms with Crippen LogP contribution in [0.2, 0.25) is 5.02 Å². The zero-order chi connectivity index (χ0) is 19.1. The average Bonchev–Trinajstić information content (AvgIpc) is 2.59. The molecule has 4 heteroatoms. The Labute approximate surface area is 159 Å². The molecular weight excluding hydrogens is 347 g/mol. The van der Waals surface area contributed by atoms with Crippen LogP contribution >= 0.6 is 11.6 Å². The van der Waals surface area contributed by atoms with E-state index in [0.29, 0.717) is 22.1 Å². The van der Waals surface area contributed by atoms with Gasteiger partial charge in [-0.3, -0.25) is 0 Å². The monoisotopic (exact) mass is 368 g/mol. The number of rotatable bonds is 2. The third-order valence-electron chi connectivity index (χ3n) is 5.33. The second kappa shape index (κ2) is 6.78. The molecule has 0 saturated heterocycles. The number of hydrogen-bond acceptors (Lipinski definition) is 2. The van der Waals surface area contributed by atoms with E-state index in [1.54, 1.807) is 36.4 Å². The molecule has 1 heterocycles. The third-order valence-corrected chi connectivity index (χ3v) is 5.58. The SMILES string of the molecule is CC1CC(C)(C)N(C)c2cc(F)c(/C=C(\C#N)c3ccc(Cl)cc3)cc21. The van der Waals surface area contributed by atoms with Crippen LogP contribution in [0.3, 0.4) is 0 Å². The molecule has 0 saturated carbocycles. The number of benzene rings is 2. The number of fused-ring (bicyclic) bond motifs is 1. The normalized spacial score (nSPS) is 19.0. The van der Waals surface area contributed by atoms with Gasteiger partial charge in [-0.1, -0.05) is 30.7 Å². The molecular formula is C22H22ClFN2. The van der Waals surface area contributed by atoms with E-state index in [2.05, 4.69) is 31.7 Å². The van der Waals surface area contributed by atoms with Gasteiger partial charge in [0.1, 0.15) is 5.82 Å². The van der Waals surface area contributed by atoms with Gasteiger partial charge in [0.2, 0.25) is 0 Å². The summed E-state index contributed by atoms with van der Waals surface area (Å²) in [7, 11) is 2.01. The molecule has 3 rings (SSSR count). The summed E-state index contributed by atoms with van der Waals surface area (Å²) < 4.78 is 14.8. The fourth-order valence-corrected chi connectivity index (χ4v) is 3.81. The van der Waals surface area contributed by atoms with E-state index < -0.39 is 0 Å². The highest BCUT2D eigenvalue weighted by Gasteiger charge is 2.34. The zero-order valence-electron chi connectivity index (χ0n) is 15.5. The number of allylic oxidation sites excluding steroid dienone is 1. The summed E-state index contributed by atoms with van der Waals surface area (Å²) in [4.78, 5) is 2.14. The molecule has 0 spiro atoms. The first-order chi connectivity index (χ1) is 12.2. The molecule has 0 aliphatic carbocycles. The van der Waals surface area contributed by atoms with Crippen molar-refractivity contribution >= 4 is 28.9 Å². The maximum Gasteiger partial charge on any atom is 0.132 e. The Balaban J connectivity index is 2.08. The molecule has 26 heavy (non-hydrogen) atoms. The minimum absolute atomic E-state index is 0.0165. The van der Waals surface area contributed by atoms with Gasteiger partial charge in [-0.15, -0.1) is 0 Å². The van der Waals surface area contributed by atoms with Gasteiger partial charge in [0.15, 0.2) is 0 Å². The Morgan fingerprint density at radius 1 is 1.31 bits per heavy atom. The highest BCUT2D eigenvalue weighted by Crippen LogP contribution is 2.43. The smallest absolute Gasteiger partial charge is 0.132 e. The molecule has 2 aromatic carbocycles. The maximum atomic E-state index is 14.8. The van der Waals surface area contributed by atoms with Crippen LogP contribution < -0.4 is 4.90 Å². The Hall–Kier alpha value is -2.31. The Kier molecular flexibility index (Phi) is 4.82. The van der Waals surface area contributed by atoms with Crippen LogP contribution in [0.4, 0.5) is 10.1 Å². The van der Waals surface area contributed by atoms with E-state index in [0.717, 1.165) is 23.2 Å². The van der Waals surface area contributed by atoms with Crippen molar-refractivity contribution in [2.24, 2.45) is 0 Å². The third kappa shape index (κ3) is 3.34. The van der Waals surface area contributed by atoms with Crippen molar-refractivity contribution in [1.29, 1.82) is 5.26 Å². The molecule has 0 fully saturated rings. The van der Waals surface area contributed by atoms with Crippen LogP contribution in [0.1, 0.15) is 49.8 Å². The molecule has 1 atom stereocenters. The summed E-state index contributed by atoms with van der Waals surface area (Å²) in [5.74, 6) is 0.00670. The van der Waals surface area contributed by atoms with Crippen LogP contribution in [0, 0.1) is 17.1 Å². The van der Waals surface area contributed by atoms with Gasteiger partial charge in [0.25, 0.3) is 0 Å². The summed E-state index contributed by atoms with van der Waals surface area (Å²) in [6, 6.07) is 12.6. The van der Waals surface area contributed by atoms with Gasteiger partial charge in [-0.05, 0) is 67.7 Å². The number of nitrogens with zero attached hydrogens (tertiary/aromatic N) is 2. The summed E-state index contributed by atoms with van der Waals surface area (Å²) in [6.45, 7) is 6.52. The zero-order valence-corrected chi connectivity index (χ0v) is 16.2. The van der Waals surface area contributed by atoms with Crippen molar-refractivity contribution in [3.63, 3.8) is 0 Å². The summed E-state index contributed by atoms with van der Waals surface area (Å²) in [5, 5.41) is 10.1. The molecule has 1 aliphatic heterocycles. The Morgan fingerprint density at radius 2 is 1.96 bits per heavy atom.